The summed E-state index contributed by atoms with van der Waals surface area (Å²) in [5.74, 6) is 0. The lowest BCUT2D eigenvalue weighted by Crippen LogP contribution is -2.45. The summed E-state index contributed by atoms with van der Waals surface area (Å²) in [7, 11) is 0. The van der Waals surface area contributed by atoms with Gasteiger partial charge in [0.2, 0.25) is 0 Å². The van der Waals surface area contributed by atoms with Crippen LogP contribution in [0.25, 0.3) is 0 Å². The number of likely N-dealkylation sites (tertiary alicyclic amines) is 1. The monoisotopic (exact) mass is 266 g/mol. The normalized spacial score (nSPS) is 30.8. The topological polar surface area (TPSA) is 15.3 Å². The molecule has 2 atom stereocenters. The highest BCUT2D eigenvalue weighted by molar-refractivity contribution is 4.81. The maximum absolute atomic E-state index is 3.85. The SMILES string of the molecule is CC(CNC1CCCC(C)(C)CC1)N1CCCCC1. The Balaban J connectivity index is 1.69. The predicted molar refractivity (Wildman–Crippen MR) is 83.5 cm³/mol. The third kappa shape index (κ3) is 5.07. The third-order valence-electron chi connectivity index (χ3n) is 5.29. The Kier molecular flexibility index (Phi) is 5.70. The minimum Gasteiger partial charge on any atom is -0.312 e. The molecule has 1 saturated heterocycles. The number of hydrogen-bond donors (Lipinski definition) is 1. The van der Waals surface area contributed by atoms with Gasteiger partial charge in [0.05, 0.1) is 0 Å². The zero-order chi connectivity index (χ0) is 13.7. The second-order valence-electron chi connectivity index (χ2n) is 7.65. The maximum atomic E-state index is 3.85. The Bertz CT molecular complexity index is 256. The summed E-state index contributed by atoms with van der Waals surface area (Å²) in [4.78, 5) is 2.68. The summed E-state index contributed by atoms with van der Waals surface area (Å²) in [6, 6.07) is 1.49. The Hall–Kier alpha value is -0.0800. The second-order valence-corrected chi connectivity index (χ2v) is 7.65. The van der Waals surface area contributed by atoms with E-state index in [1.54, 1.807) is 0 Å². The summed E-state index contributed by atoms with van der Waals surface area (Å²) in [6.45, 7) is 11.1. The first kappa shape index (κ1) is 15.3. The average Bonchev–Trinajstić information content (AvgIpc) is 2.58. The molecule has 1 saturated carbocycles. The molecule has 19 heavy (non-hydrogen) atoms. The van der Waals surface area contributed by atoms with Gasteiger partial charge < -0.3 is 5.32 Å². The van der Waals surface area contributed by atoms with Crippen molar-refractivity contribution >= 4 is 0 Å². The van der Waals surface area contributed by atoms with Crippen molar-refractivity contribution in [3.63, 3.8) is 0 Å². The van der Waals surface area contributed by atoms with Gasteiger partial charge in [-0.2, -0.15) is 0 Å². The lowest BCUT2D eigenvalue weighted by molar-refractivity contribution is 0.167. The highest BCUT2D eigenvalue weighted by atomic mass is 15.2. The molecule has 1 N–H and O–H groups in total. The van der Waals surface area contributed by atoms with Gasteiger partial charge in [-0.05, 0) is 64.0 Å². The predicted octanol–water partition coefficient (Wildman–Crippen LogP) is 3.81. The van der Waals surface area contributed by atoms with Gasteiger partial charge in [0.25, 0.3) is 0 Å². The van der Waals surface area contributed by atoms with E-state index in [-0.39, 0.29) is 0 Å². The van der Waals surface area contributed by atoms with Gasteiger partial charge in [-0.1, -0.05) is 26.7 Å². The molecule has 2 fully saturated rings. The van der Waals surface area contributed by atoms with Crippen LogP contribution in [-0.4, -0.2) is 36.6 Å². The minimum absolute atomic E-state index is 0.578. The first-order valence-corrected chi connectivity index (χ1v) is 8.54. The fourth-order valence-corrected chi connectivity index (χ4v) is 3.69. The van der Waals surface area contributed by atoms with Gasteiger partial charge >= 0.3 is 0 Å². The highest BCUT2D eigenvalue weighted by Gasteiger charge is 2.24. The summed E-state index contributed by atoms with van der Waals surface area (Å²) < 4.78 is 0. The number of piperidine rings is 1. The van der Waals surface area contributed by atoms with E-state index in [9.17, 15) is 0 Å². The molecule has 112 valence electrons. The van der Waals surface area contributed by atoms with Crippen molar-refractivity contribution in [3.05, 3.63) is 0 Å². The van der Waals surface area contributed by atoms with E-state index in [0.29, 0.717) is 5.41 Å². The van der Waals surface area contributed by atoms with Crippen LogP contribution >= 0.6 is 0 Å². The fraction of sp³-hybridized carbons (Fsp3) is 1.00. The molecular formula is C17H34N2. The van der Waals surface area contributed by atoms with Crippen LogP contribution in [0.2, 0.25) is 0 Å². The van der Waals surface area contributed by atoms with Gasteiger partial charge in [0, 0.05) is 18.6 Å². The van der Waals surface area contributed by atoms with Gasteiger partial charge in [0.15, 0.2) is 0 Å². The van der Waals surface area contributed by atoms with E-state index >= 15 is 0 Å². The Morgan fingerprint density at radius 3 is 2.53 bits per heavy atom. The van der Waals surface area contributed by atoms with E-state index in [2.05, 4.69) is 31.0 Å². The summed E-state index contributed by atoms with van der Waals surface area (Å²) in [6.07, 6.45) is 11.2. The molecule has 0 bridgehead atoms. The quantitative estimate of drug-likeness (QED) is 0.778. The summed E-state index contributed by atoms with van der Waals surface area (Å²) in [5.41, 5.74) is 0.578. The van der Waals surface area contributed by atoms with Crippen LogP contribution in [0, 0.1) is 5.41 Å². The lowest BCUT2D eigenvalue weighted by atomic mass is 9.85. The zero-order valence-corrected chi connectivity index (χ0v) is 13.4. The van der Waals surface area contributed by atoms with Gasteiger partial charge in [-0.3, -0.25) is 4.90 Å². The molecular weight excluding hydrogens is 232 g/mol. The molecule has 2 unspecified atom stereocenters. The smallest absolute Gasteiger partial charge is 0.0192 e. The van der Waals surface area contributed by atoms with Crippen LogP contribution in [0.1, 0.15) is 72.1 Å². The van der Waals surface area contributed by atoms with Crippen LogP contribution in [0.5, 0.6) is 0 Å². The van der Waals surface area contributed by atoms with Gasteiger partial charge in [-0.25, -0.2) is 0 Å². The summed E-state index contributed by atoms with van der Waals surface area (Å²) in [5, 5.41) is 3.85. The molecule has 2 aliphatic rings. The molecule has 0 aromatic heterocycles. The molecule has 0 radical (unpaired) electrons. The molecule has 2 rings (SSSR count). The zero-order valence-electron chi connectivity index (χ0n) is 13.4. The van der Waals surface area contributed by atoms with E-state index in [1.165, 1.54) is 71.0 Å². The van der Waals surface area contributed by atoms with E-state index in [4.69, 9.17) is 0 Å². The van der Waals surface area contributed by atoms with E-state index < -0.39 is 0 Å². The minimum atomic E-state index is 0.578. The van der Waals surface area contributed by atoms with Crippen LogP contribution in [0.3, 0.4) is 0 Å². The molecule has 1 aliphatic carbocycles. The van der Waals surface area contributed by atoms with Crippen molar-refractivity contribution in [2.24, 2.45) is 5.41 Å². The molecule has 0 amide bonds. The molecule has 0 aromatic carbocycles. The second kappa shape index (κ2) is 7.08. The van der Waals surface area contributed by atoms with Crippen molar-refractivity contribution in [1.29, 1.82) is 0 Å². The first-order chi connectivity index (χ1) is 9.07. The summed E-state index contributed by atoms with van der Waals surface area (Å²) >= 11 is 0. The average molecular weight is 266 g/mol. The molecule has 1 heterocycles. The van der Waals surface area contributed by atoms with Crippen LogP contribution in [0.15, 0.2) is 0 Å². The Morgan fingerprint density at radius 2 is 1.79 bits per heavy atom. The lowest BCUT2D eigenvalue weighted by Gasteiger charge is -2.33. The van der Waals surface area contributed by atoms with E-state index in [1.807, 2.05) is 0 Å². The molecule has 0 spiro atoms. The number of nitrogens with one attached hydrogen (secondary N) is 1. The number of rotatable bonds is 4. The van der Waals surface area contributed by atoms with Crippen LogP contribution in [0.4, 0.5) is 0 Å². The number of hydrogen-bond acceptors (Lipinski definition) is 2. The van der Waals surface area contributed by atoms with Crippen LogP contribution in [-0.2, 0) is 0 Å². The molecule has 0 aromatic rings. The first-order valence-electron chi connectivity index (χ1n) is 8.54. The molecule has 2 heteroatoms. The van der Waals surface area contributed by atoms with Crippen molar-refractivity contribution < 1.29 is 0 Å². The standard InChI is InChI=1S/C17H34N2/c1-15(19-12-5-4-6-13-19)14-18-16-8-7-10-17(2,3)11-9-16/h15-16,18H,4-14H2,1-3H3. The Morgan fingerprint density at radius 1 is 1.05 bits per heavy atom. The molecule has 2 nitrogen and oxygen atoms in total. The third-order valence-corrected chi connectivity index (χ3v) is 5.29. The maximum Gasteiger partial charge on any atom is 0.0192 e. The van der Waals surface area contributed by atoms with Crippen molar-refractivity contribution in [2.45, 2.75) is 84.2 Å². The van der Waals surface area contributed by atoms with Gasteiger partial charge in [0.1, 0.15) is 0 Å². The van der Waals surface area contributed by atoms with E-state index in [0.717, 1.165) is 12.1 Å². The number of nitrogens with zero attached hydrogens (tertiary/aromatic N) is 1. The molecule has 1 aliphatic heterocycles. The van der Waals surface area contributed by atoms with Gasteiger partial charge in [-0.15, -0.1) is 0 Å². The fourth-order valence-electron chi connectivity index (χ4n) is 3.69. The highest BCUT2D eigenvalue weighted by Crippen LogP contribution is 2.33. The van der Waals surface area contributed by atoms with Crippen molar-refractivity contribution in [2.75, 3.05) is 19.6 Å². The largest absolute Gasteiger partial charge is 0.312 e. The van der Waals surface area contributed by atoms with Crippen molar-refractivity contribution in [3.8, 4) is 0 Å². The van der Waals surface area contributed by atoms with Crippen LogP contribution < -0.4 is 5.32 Å². The Labute approximate surface area is 120 Å². The van der Waals surface area contributed by atoms with Crippen molar-refractivity contribution in [1.82, 2.24) is 10.2 Å².